The zero-order valence-corrected chi connectivity index (χ0v) is 28.8. The average molecular weight is 687 g/mol. The van der Waals surface area contributed by atoms with Crippen molar-refractivity contribution in [3.8, 4) is 22.6 Å². The smallest absolute Gasteiger partial charge is 0.417 e. The highest BCUT2D eigenvalue weighted by Gasteiger charge is 2.41. The number of carbonyl (C=O) groups excluding carboxylic acids is 1. The second-order valence-electron chi connectivity index (χ2n) is 13.4. The van der Waals surface area contributed by atoms with E-state index in [0.29, 0.717) is 52.3 Å². The van der Waals surface area contributed by atoms with Gasteiger partial charge in [0.2, 0.25) is 11.7 Å². The van der Waals surface area contributed by atoms with Crippen molar-refractivity contribution in [1.82, 2.24) is 24.4 Å². The summed E-state index contributed by atoms with van der Waals surface area (Å²) in [6, 6.07) is 4.21. The number of aromatic amines is 1. The van der Waals surface area contributed by atoms with Gasteiger partial charge in [-0.25, -0.2) is 19.2 Å². The third kappa shape index (κ3) is 4.95. The average Bonchev–Trinajstić information content (AvgIpc) is 3.45. The van der Waals surface area contributed by atoms with Gasteiger partial charge in [-0.3, -0.25) is 19.1 Å². The number of piperazine rings is 1. The summed E-state index contributed by atoms with van der Waals surface area (Å²) in [5.74, 6) is -1.79. The number of ether oxygens (including phenoxy) is 1. The van der Waals surface area contributed by atoms with Gasteiger partial charge >= 0.3 is 5.76 Å². The number of nitrogens with zero attached hydrogens (tertiary/aromatic N) is 5. The highest BCUT2D eigenvalue weighted by molar-refractivity contribution is 6.39. The van der Waals surface area contributed by atoms with Gasteiger partial charge in [-0.05, 0) is 49.5 Å². The lowest BCUT2D eigenvalue weighted by atomic mass is 9.95. The predicted molar refractivity (Wildman–Crippen MR) is 187 cm³/mol. The predicted octanol–water partition coefficient (Wildman–Crippen LogP) is 6.21. The maximum absolute atomic E-state index is 16.9. The number of rotatable bonds is 5. The maximum Gasteiger partial charge on any atom is 0.417 e. The number of hydrogen-bond donors (Lipinski definition) is 1. The van der Waals surface area contributed by atoms with Crippen molar-refractivity contribution in [2.24, 2.45) is 0 Å². The van der Waals surface area contributed by atoms with Gasteiger partial charge < -0.3 is 19.0 Å². The Morgan fingerprint density at radius 1 is 1.10 bits per heavy atom. The summed E-state index contributed by atoms with van der Waals surface area (Å²) in [7, 11) is 0. The Kier molecular flexibility index (Phi) is 7.89. The maximum atomic E-state index is 16.9. The van der Waals surface area contributed by atoms with Crippen LogP contribution in [0.4, 0.5) is 10.1 Å². The van der Waals surface area contributed by atoms with E-state index >= 15 is 4.39 Å². The van der Waals surface area contributed by atoms with Crippen LogP contribution in [-0.2, 0) is 4.79 Å². The lowest BCUT2D eigenvalue weighted by Crippen LogP contribution is -2.62. The van der Waals surface area contributed by atoms with E-state index in [1.54, 1.807) is 24.0 Å². The second-order valence-corrected chi connectivity index (χ2v) is 13.8. The summed E-state index contributed by atoms with van der Waals surface area (Å²) in [4.78, 5) is 55.6. The molecule has 1 fully saturated rings. The Labute approximate surface area is 286 Å². The van der Waals surface area contributed by atoms with Crippen LogP contribution in [0.1, 0.15) is 63.4 Å². The first kappa shape index (κ1) is 32.6. The van der Waals surface area contributed by atoms with Crippen molar-refractivity contribution in [2.45, 2.75) is 65.5 Å². The van der Waals surface area contributed by atoms with E-state index in [4.69, 9.17) is 20.8 Å². The van der Waals surface area contributed by atoms with Crippen LogP contribution in [0.3, 0.4) is 0 Å². The molecule has 2 unspecified atom stereocenters. The number of carbonyl (C=O) groups is 1. The SMILES string of the molecule is C=CC(=O)N1CC2COc3c(c4cc(F)c(-c5c(C)ccc6[nH]c(=O)oc56)c(Cl)c4n(-c4c(C(C)C)ncnc4C(C)C)c3=O)N2CC1C. The molecule has 2 aromatic carbocycles. The Morgan fingerprint density at radius 3 is 2.45 bits per heavy atom. The lowest BCUT2D eigenvalue weighted by Gasteiger charge is -2.48. The van der Waals surface area contributed by atoms with E-state index in [-0.39, 0.29) is 69.4 Å². The largest absolute Gasteiger partial charge is 0.484 e. The molecule has 2 aliphatic rings. The van der Waals surface area contributed by atoms with Crippen molar-refractivity contribution in [3.05, 3.63) is 85.9 Å². The van der Waals surface area contributed by atoms with Crippen LogP contribution in [0.5, 0.6) is 5.75 Å². The molecule has 254 valence electrons. The monoisotopic (exact) mass is 686 g/mol. The van der Waals surface area contributed by atoms with Crippen LogP contribution >= 0.6 is 11.6 Å². The van der Waals surface area contributed by atoms with Crippen molar-refractivity contribution < 1.29 is 18.3 Å². The molecule has 1 amide bonds. The van der Waals surface area contributed by atoms with Gasteiger partial charge in [-0.2, -0.15) is 0 Å². The summed E-state index contributed by atoms with van der Waals surface area (Å²) in [5.41, 5.74) is 3.19. The molecular formula is C36H36ClFN6O5. The number of aryl methyl sites for hydroxylation is 1. The van der Waals surface area contributed by atoms with E-state index in [0.717, 1.165) is 0 Å². The number of oxazole rings is 1. The zero-order valence-electron chi connectivity index (χ0n) is 28.1. The first-order valence-electron chi connectivity index (χ1n) is 16.2. The van der Waals surface area contributed by atoms with Crippen molar-refractivity contribution in [2.75, 3.05) is 24.6 Å². The topological polar surface area (TPSA) is 127 Å². The Hall–Kier alpha value is -4.97. The number of fused-ring (bicyclic) bond motifs is 6. The number of aromatic nitrogens is 4. The molecule has 0 spiro atoms. The van der Waals surface area contributed by atoms with Crippen molar-refractivity contribution >= 4 is 45.2 Å². The van der Waals surface area contributed by atoms with Gasteiger partial charge in [-0.1, -0.05) is 51.9 Å². The molecular weight excluding hydrogens is 651 g/mol. The van der Waals surface area contributed by atoms with Crippen LogP contribution in [0.25, 0.3) is 38.8 Å². The number of pyridine rings is 1. The molecule has 5 heterocycles. The fourth-order valence-electron chi connectivity index (χ4n) is 7.26. The van der Waals surface area contributed by atoms with Crippen LogP contribution in [0.2, 0.25) is 5.02 Å². The van der Waals surface area contributed by atoms with Crippen LogP contribution < -0.4 is 21.0 Å². The van der Waals surface area contributed by atoms with E-state index in [2.05, 4.69) is 21.5 Å². The molecule has 5 aromatic rings. The number of nitrogens with one attached hydrogen (secondary N) is 1. The number of hydrogen-bond acceptors (Lipinski definition) is 8. The molecule has 13 heteroatoms. The first-order valence-corrected chi connectivity index (χ1v) is 16.6. The highest BCUT2D eigenvalue weighted by Crippen LogP contribution is 2.48. The van der Waals surface area contributed by atoms with E-state index in [1.807, 2.05) is 39.5 Å². The van der Waals surface area contributed by atoms with Gasteiger partial charge in [0, 0.05) is 35.6 Å². The molecule has 3 aromatic heterocycles. The second kappa shape index (κ2) is 11.9. The van der Waals surface area contributed by atoms with Gasteiger partial charge in [-0.15, -0.1) is 0 Å². The van der Waals surface area contributed by atoms with Crippen molar-refractivity contribution in [3.63, 3.8) is 0 Å². The van der Waals surface area contributed by atoms with Gasteiger partial charge in [0.05, 0.1) is 44.9 Å². The minimum Gasteiger partial charge on any atom is -0.484 e. The summed E-state index contributed by atoms with van der Waals surface area (Å²) in [6.07, 6.45) is 2.77. The normalized spacial score (nSPS) is 17.5. The summed E-state index contributed by atoms with van der Waals surface area (Å²) in [6.45, 7) is 16.0. The van der Waals surface area contributed by atoms with E-state index in [9.17, 15) is 14.4 Å². The molecule has 49 heavy (non-hydrogen) atoms. The molecule has 2 atom stereocenters. The third-order valence-corrected chi connectivity index (χ3v) is 9.90. The van der Waals surface area contributed by atoms with Gasteiger partial charge in [0.25, 0.3) is 5.56 Å². The zero-order chi connectivity index (χ0) is 35.0. The van der Waals surface area contributed by atoms with Crippen LogP contribution in [-0.4, -0.2) is 62.1 Å². The van der Waals surface area contributed by atoms with Crippen LogP contribution in [0, 0.1) is 12.7 Å². The molecule has 11 nitrogen and oxygen atoms in total. The fraction of sp³-hybridized carbons (Fsp3) is 0.361. The molecule has 0 radical (unpaired) electrons. The van der Waals surface area contributed by atoms with E-state index < -0.39 is 17.1 Å². The number of amides is 1. The fourth-order valence-corrected chi connectivity index (χ4v) is 7.63. The molecule has 0 saturated carbocycles. The number of benzene rings is 2. The van der Waals surface area contributed by atoms with Gasteiger partial charge in [0.15, 0.2) is 5.58 Å². The standard InChI is InChI=1S/C36H36ClFN6O5/c1-8-24(45)42-13-20-14-48-34-31(43(20)12-19(42)7)21-11-22(38)26(25-18(6)9-10-23-33(25)49-36(47)41-23)27(37)30(21)44(35(34)46)32-28(16(2)3)39-15-40-29(32)17(4)5/h8-11,15-17,19-20H,1,12-14H2,2-7H3,(H,41,47). The highest BCUT2D eigenvalue weighted by atomic mass is 35.5. The molecule has 7 rings (SSSR count). The summed E-state index contributed by atoms with van der Waals surface area (Å²) in [5, 5.41) is 0.285. The van der Waals surface area contributed by atoms with Gasteiger partial charge in [0.1, 0.15) is 18.8 Å². The summed E-state index contributed by atoms with van der Waals surface area (Å²) >= 11 is 7.39. The number of anilines is 1. The molecule has 1 saturated heterocycles. The Balaban J connectivity index is 1.64. The minimum absolute atomic E-state index is 0.0230. The lowest BCUT2D eigenvalue weighted by molar-refractivity contribution is -0.129. The van der Waals surface area contributed by atoms with Crippen LogP contribution in [0.15, 0.2) is 51.2 Å². The number of halogens is 2. The number of H-pyrrole nitrogens is 1. The molecule has 0 bridgehead atoms. The molecule has 0 aliphatic carbocycles. The Bertz CT molecular complexity index is 2300. The minimum atomic E-state index is -0.693. The van der Waals surface area contributed by atoms with Crippen molar-refractivity contribution in [1.29, 1.82) is 0 Å². The third-order valence-electron chi connectivity index (χ3n) is 9.53. The van der Waals surface area contributed by atoms with E-state index in [1.165, 1.54) is 23.0 Å². The molecule has 2 aliphatic heterocycles. The Morgan fingerprint density at radius 2 is 1.80 bits per heavy atom. The first-order chi connectivity index (χ1) is 23.3. The quantitative estimate of drug-likeness (QED) is 0.216. The summed E-state index contributed by atoms with van der Waals surface area (Å²) < 4.78 is 30.1. The molecule has 1 N–H and O–H groups in total.